The van der Waals surface area contributed by atoms with Crippen molar-refractivity contribution in [1.29, 1.82) is 0 Å². The van der Waals surface area contributed by atoms with Crippen molar-refractivity contribution < 1.29 is 9.59 Å². The minimum atomic E-state index is -0.573. The Balaban J connectivity index is 2.09. The van der Waals surface area contributed by atoms with Gasteiger partial charge in [-0.25, -0.2) is 0 Å². The highest BCUT2D eigenvalue weighted by atomic mass is 35.5. The van der Waals surface area contributed by atoms with Gasteiger partial charge in [-0.1, -0.05) is 17.7 Å². The molecule has 1 aromatic carbocycles. The Morgan fingerprint density at radius 2 is 2.20 bits per heavy atom. The van der Waals surface area contributed by atoms with E-state index in [0.717, 1.165) is 11.8 Å². The third kappa shape index (κ3) is 2.43. The first-order valence-corrected chi connectivity index (χ1v) is 5.44. The zero-order chi connectivity index (χ0) is 10.8. The zero-order valence-electron chi connectivity index (χ0n) is 7.49. The predicted molar refractivity (Wildman–Crippen MR) is 60.0 cm³/mol. The van der Waals surface area contributed by atoms with Crippen molar-refractivity contribution in [3.63, 3.8) is 0 Å². The topological polar surface area (TPSA) is 58.2 Å². The third-order valence-electron chi connectivity index (χ3n) is 1.81. The summed E-state index contributed by atoms with van der Waals surface area (Å²) >= 11 is 6.70. The minimum absolute atomic E-state index is 0.329. The number of halogens is 1. The first-order valence-electron chi connectivity index (χ1n) is 4.19. The predicted octanol–water partition coefficient (Wildman–Crippen LogP) is 2.06. The molecule has 1 heterocycles. The van der Waals surface area contributed by atoms with E-state index < -0.39 is 5.37 Å². The van der Waals surface area contributed by atoms with Crippen LogP contribution in [0, 0.1) is 0 Å². The summed E-state index contributed by atoms with van der Waals surface area (Å²) in [7, 11) is 0. The molecule has 2 rings (SSSR count). The number of anilines is 1. The summed E-state index contributed by atoms with van der Waals surface area (Å²) < 4.78 is 0. The first-order chi connectivity index (χ1) is 7.15. The number of rotatable bonds is 2. The van der Waals surface area contributed by atoms with Crippen molar-refractivity contribution in [2.75, 3.05) is 5.32 Å². The van der Waals surface area contributed by atoms with Crippen LogP contribution in [0.15, 0.2) is 24.3 Å². The number of hydrogen-bond donors (Lipinski definition) is 2. The molecule has 1 fully saturated rings. The van der Waals surface area contributed by atoms with E-state index in [1.165, 1.54) is 0 Å². The van der Waals surface area contributed by atoms with Gasteiger partial charge in [-0.15, -0.1) is 0 Å². The van der Waals surface area contributed by atoms with Gasteiger partial charge in [0, 0.05) is 10.7 Å². The fourth-order valence-electron chi connectivity index (χ4n) is 1.18. The molecule has 2 amide bonds. The van der Waals surface area contributed by atoms with Gasteiger partial charge >= 0.3 is 0 Å². The fourth-order valence-corrected chi connectivity index (χ4v) is 2.11. The molecule has 1 aliphatic rings. The summed E-state index contributed by atoms with van der Waals surface area (Å²) in [5.41, 5.74) is 0.713. The van der Waals surface area contributed by atoms with Crippen LogP contribution in [-0.2, 0) is 4.79 Å². The molecule has 1 saturated heterocycles. The molecule has 4 nitrogen and oxygen atoms in total. The van der Waals surface area contributed by atoms with E-state index in [0.29, 0.717) is 10.7 Å². The second-order valence-electron chi connectivity index (χ2n) is 2.93. The molecule has 0 saturated carbocycles. The maximum atomic E-state index is 11.2. The van der Waals surface area contributed by atoms with Crippen LogP contribution >= 0.6 is 23.4 Å². The van der Waals surface area contributed by atoms with E-state index in [1.54, 1.807) is 24.3 Å². The normalized spacial score (nSPS) is 20.2. The molecule has 1 aliphatic heterocycles. The van der Waals surface area contributed by atoms with Gasteiger partial charge in [-0.05, 0) is 30.0 Å². The molecule has 1 aromatic rings. The number of hydrogen-bond acceptors (Lipinski definition) is 4. The number of nitrogens with one attached hydrogen (secondary N) is 2. The number of benzene rings is 1. The first kappa shape index (κ1) is 10.3. The monoisotopic (exact) mass is 242 g/mol. The molecule has 0 aliphatic carbocycles. The van der Waals surface area contributed by atoms with E-state index in [4.69, 9.17) is 11.6 Å². The minimum Gasteiger partial charge on any atom is -0.365 e. The molecule has 0 radical (unpaired) electrons. The zero-order valence-corrected chi connectivity index (χ0v) is 9.06. The summed E-state index contributed by atoms with van der Waals surface area (Å²) in [6, 6.07) is 6.98. The van der Waals surface area contributed by atoms with E-state index in [2.05, 4.69) is 10.6 Å². The van der Waals surface area contributed by atoms with Crippen molar-refractivity contribution >= 4 is 40.2 Å². The molecule has 0 aromatic heterocycles. The Morgan fingerprint density at radius 3 is 2.80 bits per heavy atom. The van der Waals surface area contributed by atoms with Gasteiger partial charge < -0.3 is 5.32 Å². The third-order valence-corrected chi connectivity index (χ3v) is 2.93. The van der Waals surface area contributed by atoms with Crippen LogP contribution in [0.1, 0.15) is 0 Å². The van der Waals surface area contributed by atoms with E-state index in [1.807, 2.05) is 0 Å². The van der Waals surface area contributed by atoms with Crippen molar-refractivity contribution in [3.05, 3.63) is 29.3 Å². The molecule has 15 heavy (non-hydrogen) atoms. The molecule has 1 atom stereocenters. The van der Waals surface area contributed by atoms with Crippen molar-refractivity contribution in [3.8, 4) is 0 Å². The Bertz CT molecular complexity index is 424. The van der Waals surface area contributed by atoms with Gasteiger partial charge in [0.2, 0.25) is 0 Å². The Hall–Kier alpha value is -1.20. The summed E-state index contributed by atoms with van der Waals surface area (Å²) in [6.45, 7) is 0. The van der Waals surface area contributed by atoms with Crippen molar-refractivity contribution in [2.45, 2.75) is 5.37 Å². The van der Waals surface area contributed by atoms with Crippen LogP contribution in [0.2, 0.25) is 5.02 Å². The number of thioether (sulfide) groups is 1. The second kappa shape index (κ2) is 4.12. The fraction of sp³-hybridized carbons (Fsp3) is 0.111. The van der Waals surface area contributed by atoms with Gasteiger partial charge in [0.25, 0.3) is 11.1 Å². The number of carbonyl (C=O) groups excluding carboxylic acids is 2. The highest BCUT2D eigenvalue weighted by Gasteiger charge is 2.31. The Labute approximate surface area is 95.4 Å². The maximum Gasteiger partial charge on any atom is 0.288 e. The molecule has 0 spiro atoms. The van der Waals surface area contributed by atoms with Gasteiger partial charge in [-0.2, -0.15) is 0 Å². The molecular weight excluding hydrogens is 236 g/mol. The number of imide groups is 1. The summed E-state index contributed by atoms with van der Waals surface area (Å²) in [4.78, 5) is 22.1. The molecule has 78 valence electrons. The molecule has 6 heteroatoms. The van der Waals surface area contributed by atoms with Crippen LogP contribution in [0.4, 0.5) is 10.5 Å². The van der Waals surface area contributed by atoms with Gasteiger partial charge in [0.05, 0.1) is 0 Å². The van der Waals surface area contributed by atoms with E-state index in [-0.39, 0.29) is 11.1 Å². The average Bonchev–Trinajstić information content (AvgIpc) is 2.45. The molecule has 1 unspecified atom stereocenters. The van der Waals surface area contributed by atoms with Gasteiger partial charge in [0.1, 0.15) is 0 Å². The second-order valence-corrected chi connectivity index (χ2v) is 4.44. The van der Waals surface area contributed by atoms with Crippen LogP contribution in [-0.4, -0.2) is 16.5 Å². The number of carbonyl (C=O) groups is 2. The highest BCUT2D eigenvalue weighted by Crippen LogP contribution is 2.23. The van der Waals surface area contributed by atoms with Crippen LogP contribution in [0.3, 0.4) is 0 Å². The molecule has 2 N–H and O–H groups in total. The lowest BCUT2D eigenvalue weighted by Crippen LogP contribution is -2.29. The summed E-state index contributed by atoms with van der Waals surface area (Å²) in [5, 5.41) is 4.77. The van der Waals surface area contributed by atoms with Crippen LogP contribution in [0.25, 0.3) is 0 Å². The Kier molecular flexibility index (Phi) is 2.83. The maximum absolute atomic E-state index is 11.2. The summed E-state index contributed by atoms with van der Waals surface area (Å²) in [5.74, 6) is -0.329. The van der Waals surface area contributed by atoms with Gasteiger partial charge in [-0.3, -0.25) is 14.9 Å². The SMILES string of the molecule is O=C1NC(=O)C(Nc2cccc(Cl)c2)S1. The van der Waals surface area contributed by atoms with Crippen molar-refractivity contribution in [2.24, 2.45) is 0 Å². The van der Waals surface area contributed by atoms with E-state index in [9.17, 15) is 9.59 Å². The lowest BCUT2D eigenvalue weighted by Gasteiger charge is -2.09. The van der Waals surface area contributed by atoms with Crippen LogP contribution < -0.4 is 10.6 Å². The van der Waals surface area contributed by atoms with Gasteiger partial charge in [0.15, 0.2) is 5.37 Å². The summed E-state index contributed by atoms with van der Waals surface area (Å²) in [6.07, 6.45) is 0. The Morgan fingerprint density at radius 1 is 1.40 bits per heavy atom. The van der Waals surface area contributed by atoms with Crippen LogP contribution in [0.5, 0.6) is 0 Å². The quantitative estimate of drug-likeness (QED) is 0.834. The van der Waals surface area contributed by atoms with E-state index >= 15 is 0 Å². The van der Waals surface area contributed by atoms with Crippen molar-refractivity contribution in [1.82, 2.24) is 5.32 Å². The lowest BCUT2D eigenvalue weighted by molar-refractivity contribution is -0.118. The number of amides is 2. The highest BCUT2D eigenvalue weighted by molar-refractivity contribution is 8.15. The molecule has 0 bridgehead atoms. The standard InChI is InChI=1S/C9H7ClN2O2S/c10-5-2-1-3-6(4-5)11-8-7(13)12-9(14)15-8/h1-4,8,11H,(H,12,13,14). The largest absolute Gasteiger partial charge is 0.365 e. The average molecular weight is 243 g/mol. The molecular formula is C9H7ClN2O2S. The lowest BCUT2D eigenvalue weighted by atomic mass is 10.3. The smallest absolute Gasteiger partial charge is 0.288 e.